The third-order valence-corrected chi connectivity index (χ3v) is 5.43. The van der Waals surface area contributed by atoms with Gasteiger partial charge in [0, 0.05) is 45.0 Å². The first-order chi connectivity index (χ1) is 14.6. The van der Waals surface area contributed by atoms with Gasteiger partial charge in [0.15, 0.2) is 0 Å². The maximum absolute atomic E-state index is 13.1. The Bertz CT molecular complexity index is 770. The summed E-state index contributed by atoms with van der Waals surface area (Å²) in [7, 11) is 0. The van der Waals surface area contributed by atoms with Gasteiger partial charge in [-0.05, 0) is 49.6 Å². The zero-order chi connectivity index (χ0) is 21.2. The highest BCUT2D eigenvalue weighted by Gasteiger charge is 2.17. The fourth-order valence-corrected chi connectivity index (χ4v) is 3.68. The third-order valence-electron chi connectivity index (χ3n) is 5.43. The number of amides is 1. The standard InChI is InChI=1S/C24H32FN3O2/c1-20(21-7-3-2-4-8-21)30-18-5-13-26-24(29)19-27-14-6-15-28(17-16-27)23-11-9-22(25)10-12-23/h2-4,7-12,20H,5-6,13-19H2,1H3,(H,26,29). The molecule has 1 unspecified atom stereocenters. The Morgan fingerprint density at radius 3 is 2.60 bits per heavy atom. The van der Waals surface area contributed by atoms with E-state index in [1.165, 1.54) is 12.1 Å². The average molecular weight is 414 g/mol. The Labute approximate surface area is 178 Å². The van der Waals surface area contributed by atoms with Crippen molar-refractivity contribution in [3.8, 4) is 0 Å². The molecular formula is C24H32FN3O2. The first kappa shape index (κ1) is 22.2. The summed E-state index contributed by atoms with van der Waals surface area (Å²) in [6.45, 7) is 7.17. The molecule has 1 N–H and O–H groups in total. The fraction of sp³-hybridized carbons (Fsp3) is 0.458. The van der Waals surface area contributed by atoms with E-state index >= 15 is 0 Å². The van der Waals surface area contributed by atoms with E-state index in [9.17, 15) is 9.18 Å². The van der Waals surface area contributed by atoms with Gasteiger partial charge in [0.2, 0.25) is 5.91 Å². The predicted molar refractivity (Wildman–Crippen MR) is 118 cm³/mol. The Kier molecular flexibility index (Phi) is 8.66. The second-order valence-corrected chi connectivity index (χ2v) is 7.72. The van der Waals surface area contributed by atoms with E-state index < -0.39 is 0 Å². The lowest BCUT2D eigenvalue weighted by Gasteiger charge is -2.23. The van der Waals surface area contributed by atoms with Crippen LogP contribution in [0.25, 0.3) is 0 Å². The second-order valence-electron chi connectivity index (χ2n) is 7.72. The van der Waals surface area contributed by atoms with Gasteiger partial charge in [0.25, 0.3) is 0 Å². The van der Waals surface area contributed by atoms with Gasteiger partial charge in [0.05, 0.1) is 12.6 Å². The van der Waals surface area contributed by atoms with Crippen molar-refractivity contribution in [1.82, 2.24) is 10.2 Å². The first-order valence-corrected chi connectivity index (χ1v) is 10.8. The van der Waals surface area contributed by atoms with Crippen molar-refractivity contribution in [2.45, 2.75) is 25.9 Å². The number of nitrogens with zero attached hydrogens (tertiary/aromatic N) is 2. The normalized spacial score (nSPS) is 16.1. The smallest absolute Gasteiger partial charge is 0.234 e. The molecule has 1 aliphatic rings. The van der Waals surface area contributed by atoms with Crippen LogP contribution in [0.2, 0.25) is 0 Å². The van der Waals surface area contributed by atoms with E-state index in [0.717, 1.165) is 50.3 Å². The molecule has 0 aliphatic carbocycles. The van der Waals surface area contributed by atoms with Crippen LogP contribution in [0.5, 0.6) is 0 Å². The van der Waals surface area contributed by atoms with Crippen molar-refractivity contribution in [1.29, 1.82) is 0 Å². The second kappa shape index (κ2) is 11.7. The van der Waals surface area contributed by atoms with Crippen LogP contribution in [-0.2, 0) is 9.53 Å². The van der Waals surface area contributed by atoms with Gasteiger partial charge in [-0.3, -0.25) is 9.69 Å². The molecule has 1 saturated heterocycles. The Morgan fingerprint density at radius 1 is 1.07 bits per heavy atom. The highest BCUT2D eigenvalue weighted by molar-refractivity contribution is 5.78. The molecule has 0 aromatic heterocycles. The zero-order valence-electron chi connectivity index (χ0n) is 17.7. The minimum absolute atomic E-state index is 0.0568. The number of nitrogens with one attached hydrogen (secondary N) is 1. The number of carbonyl (C=O) groups excluding carboxylic acids is 1. The molecule has 1 heterocycles. The van der Waals surface area contributed by atoms with Crippen molar-refractivity contribution >= 4 is 11.6 Å². The lowest BCUT2D eigenvalue weighted by molar-refractivity contribution is -0.122. The molecule has 3 rings (SSSR count). The molecular weight excluding hydrogens is 381 g/mol. The van der Waals surface area contributed by atoms with Crippen LogP contribution in [0.1, 0.15) is 31.4 Å². The van der Waals surface area contributed by atoms with Crippen LogP contribution in [0.4, 0.5) is 10.1 Å². The largest absolute Gasteiger partial charge is 0.374 e. The molecule has 2 aromatic rings. The van der Waals surface area contributed by atoms with Gasteiger partial charge in [-0.25, -0.2) is 4.39 Å². The summed E-state index contributed by atoms with van der Waals surface area (Å²) in [6.07, 6.45) is 1.83. The molecule has 5 nitrogen and oxygen atoms in total. The van der Waals surface area contributed by atoms with Crippen LogP contribution in [0.3, 0.4) is 0 Å². The molecule has 0 spiro atoms. The molecule has 1 fully saturated rings. The van der Waals surface area contributed by atoms with Crippen LogP contribution in [-0.4, -0.2) is 56.7 Å². The van der Waals surface area contributed by atoms with E-state index in [-0.39, 0.29) is 17.8 Å². The Balaban J connectivity index is 1.30. The summed E-state index contributed by atoms with van der Waals surface area (Å²) in [5.74, 6) is -0.159. The average Bonchev–Trinajstić information content (AvgIpc) is 3.00. The molecule has 0 bridgehead atoms. The minimum atomic E-state index is -0.216. The fourth-order valence-electron chi connectivity index (χ4n) is 3.68. The third kappa shape index (κ3) is 7.11. The van der Waals surface area contributed by atoms with E-state index in [1.54, 1.807) is 0 Å². The van der Waals surface area contributed by atoms with E-state index in [2.05, 4.69) is 27.2 Å². The minimum Gasteiger partial charge on any atom is -0.374 e. The molecule has 162 valence electrons. The van der Waals surface area contributed by atoms with Gasteiger partial charge < -0.3 is 15.0 Å². The molecule has 0 radical (unpaired) electrons. The number of carbonyl (C=O) groups is 1. The van der Waals surface area contributed by atoms with Crippen molar-refractivity contribution in [3.05, 3.63) is 66.0 Å². The van der Waals surface area contributed by atoms with Gasteiger partial charge in [-0.15, -0.1) is 0 Å². The van der Waals surface area contributed by atoms with Crippen LogP contribution in [0, 0.1) is 5.82 Å². The number of rotatable bonds is 9. The van der Waals surface area contributed by atoms with E-state index in [4.69, 9.17) is 4.74 Å². The molecule has 1 aliphatic heterocycles. The predicted octanol–water partition coefficient (Wildman–Crippen LogP) is 3.62. The summed E-state index contributed by atoms with van der Waals surface area (Å²) in [4.78, 5) is 16.7. The lowest BCUT2D eigenvalue weighted by Crippen LogP contribution is -2.39. The number of anilines is 1. The SMILES string of the molecule is CC(OCCCNC(=O)CN1CCCN(c2ccc(F)cc2)CC1)c1ccccc1. The molecule has 0 saturated carbocycles. The number of hydrogen-bond acceptors (Lipinski definition) is 4. The summed E-state index contributed by atoms with van der Waals surface area (Å²) in [5.41, 5.74) is 2.20. The highest BCUT2D eigenvalue weighted by atomic mass is 19.1. The van der Waals surface area contributed by atoms with Crippen LogP contribution >= 0.6 is 0 Å². The Hall–Kier alpha value is -2.44. The summed E-state index contributed by atoms with van der Waals surface area (Å²) < 4.78 is 19.0. The van der Waals surface area contributed by atoms with E-state index in [1.807, 2.05) is 37.3 Å². The maximum atomic E-state index is 13.1. The monoisotopic (exact) mass is 413 g/mol. The highest BCUT2D eigenvalue weighted by Crippen LogP contribution is 2.17. The number of hydrogen-bond donors (Lipinski definition) is 1. The zero-order valence-corrected chi connectivity index (χ0v) is 17.7. The number of halogens is 1. The van der Waals surface area contributed by atoms with E-state index in [0.29, 0.717) is 19.7 Å². The van der Waals surface area contributed by atoms with Gasteiger partial charge in [0.1, 0.15) is 5.82 Å². The van der Waals surface area contributed by atoms with Crippen molar-refractivity contribution in [2.75, 3.05) is 50.8 Å². The van der Waals surface area contributed by atoms with Crippen LogP contribution < -0.4 is 10.2 Å². The quantitative estimate of drug-likeness (QED) is 0.638. The van der Waals surface area contributed by atoms with Crippen LogP contribution in [0.15, 0.2) is 54.6 Å². The summed E-state index contributed by atoms with van der Waals surface area (Å²) >= 11 is 0. The van der Waals surface area contributed by atoms with Crippen molar-refractivity contribution < 1.29 is 13.9 Å². The summed E-state index contributed by atoms with van der Waals surface area (Å²) in [5, 5.41) is 3.00. The Morgan fingerprint density at radius 2 is 1.83 bits per heavy atom. The van der Waals surface area contributed by atoms with Gasteiger partial charge >= 0.3 is 0 Å². The number of benzene rings is 2. The molecule has 2 aromatic carbocycles. The first-order valence-electron chi connectivity index (χ1n) is 10.8. The van der Waals surface area contributed by atoms with Gasteiger partial charge in [-0.2, -0.15) is 0 Å². The maximum Gasteiger partial charge on any atom is 0.234 e. The number of ether oxygens (including phenoxy) is 1. The van der Waals surface area contributed by atoms with Crippen molar-refractivity contribution in [2.24, 2.45) is 0 Å². The lowest BCUT2D eigenvalue weighted by atomic mass is 10.1. The molecule has 6 heteroatoms. The molecule has 30 heavy (non-hydrogen) atoms. The summed E-state index contributed by atoms with van der Waals surface area (Å²) in [6, 6.07) is 16.8. The van der Waals surface area contributed by atoms with Gasteiger partial charge in [-0.1, -0.05) is 30.3 Å². The molecule has 1 amide bonds. The molecule has 1 atom stereocenters. The van der Waals surface area contributed by atoms with Crippen molar-refractivity contribution in [3.63, 3.8) is 0 Å². The topological polar surface area (TPSA) is 44.8 Å².